The third-order valence-corrected chi connectivity index (χ3v) is 7.31. The zero-order valence-corrected chi connectivity index (χ0v) is 19.2. The molecule has 1 fully saturated rings. The molecule has 1 N–H and O–H groups in total. The third-order valence-electron chi connectivity index (χ3n) is 7.31. The Morgan fingerprint density at radius 3 is 2.65 bits per heavy atom. The highest BCUT2D eigenvalue weighted by atomic mass is 16.6. The fourth-order valence-corrected chi connectivity index (χ4v) is 5.48. The van der Waals surface area contributed by atoms with Crippen LogP contribution >= 0.6 is 0 Å². The number of hydrogen-bond acceptors (Lipinski definition) is 5. The van der Waals surface area contributed by atoms with E-state index in [1.807, 2.05) is 41.4 Å². The van der Waals surface area contributed by atoms with Crippen molar-refractivity contribution in [3.8, 4) is 0 Å². The summed E-state index contributed by atoms with van der Waals surface area (Å²) in [5.74, 6) is 0.942. The SMILES string of the molecule is Cc1c[nH]c2ncnc(N3CC4(CCN(C(=O)OCc5ccccc5)CC4)c4ccccc43)c12. The minimum absolute atomic E-state index is 0.0196. The summed E-state index contributed by atoms with van der Waals surface area (Å²) in [4.78, 5) is 29.3. The zero-order chi connectivity index (χ0) is 23.1. The first-order valence-electron chi connectivity index (χ1n) is 11.8. The first kappa shape index (κ1) is 20.7. The minimum atomic E-state index is -0.234. The quantitative estimate of drug-likeness (QED) is 0.468. The highest BCUT2D eigenvalue weighted by molar-refractivity contribution is 5.93. The summed E-state index contributed by atoms with van der Waals surface area (Å²) in [5.41, 5.74) is 5.52. The average Bonchev–Trinajstić information content (AvgIpc) is 3.42. The van der Waals surface area contributed by atoms with Crippen molar-refractivity contribution in [2.24, 2.45) is 0 Å². The summed E-state index contributed by atoms with van der Waals surface area (Å²) in [5, 5.41) is 1.07. The number of ether oxygens (including phenoxy) is 1. The Morgan fingerprint density at radius 1 is 1.06 bits per heavy atom. The molecule has 7 heteroatoms. The van der Waals surface area contributed by atoms with Crippen LogP contribution in [0.1, 0.15) is 29.5 Å². The summed E-state index contributed by atoms with van der Waals surface area (Å²) < 4.78 is 5.59. The Bertz CT molecular complexity index is 1340. The van der Waals surface area contributed by atoms with Crippen molar-refractivity contribution in [1.29, 1.82) is 0 Å². The Balaban J connectivity index is 1.23. The number of aryl methyl sites for hydroxylation is 1. The van der Waals surface area contributed by atoms with E-state index in [0.717, 1.165) is 47.4 Å². The summed E-state index contributed by atoms with van der Waals surface area (Å²) >= 11 is 0. The van der Waals surface area contributed by atoms with Gasteiger partial charge in [-0.25, -0.2) is 14.8 Å². The fourth-order valence-electron chi connectivity index (χ4n) is 5.48. The molecule has 0 bridgehead atoms. The van der Waals surface area contributed by atoms with Crippen LogP contribution in [0.15, 0.2) is 67.1 Å². The molecule has 6 rings (SSSR count). The number of fused-ring (bicyclic) bond motifs is 3. The molecule has 172 valence electrons. The van der Waals surface area contributed by atoms with E-state index in [2.05, 4.69) is 46.1 Å². The highest BCUT2D eigenvalue weighted by Gasteiger charge is 2.46. The first-order chi connectivity index (χ1) is 16.6. The van der Waals surface area contributed by atoms with Gasteiger partial charge in [-0.1, -0.05) is 48.5 Å². The van der Waals surface area contributed by atoms with E-state index in [9.17, 15) is 4.79 Å². The number of para-hydroxylation sites is 1. The lowest BCUT2D eigenvalue weighted by atomic mass is 9.74. The van der Waals surface area contributed by atoms with Gasteiger partial charge >= 0.3 is 6.09 Å². The molecule has 4 heterocycles. The van der Waals surface area contributed by atoms with E-state index in [0.29, 0.717) is 19.7 Å². The third kappa shape index (κ3) is 3.39. The summed E-state index contributed by atoms with van der Waals surface area (Å²) in [6.45, 7) is 4.59. The minimum Gasteiger partial charge on any atom is -0.445 e. The number of piperidine rings is 1. The smallest absolute Gasteiger partial charge is 0.410 e. The molecule has 0 aliphatic carbocycles. The van der Waals surface area contributed by atoms with Crippen LogP contribution in [0.3, 0.4) is 0 Å². The number of hydrogen-bond donors (Lipinski definition) is 1. The predicted molar refractivity (Wildman–Crippen MR) is 131 cm³/mol. The van der Waals surface area contributed by atoms with Crippen LogP contribution in [0.4, 0.5) is 16.3 Å². The van der Waals surface area contributed by atoms with E-state index in [4.69, 9.17) is 9.72 Å². The molecule has 2 aliphatic rings. The van der Waals surface area contributed by atoms with Gasteiger partial charge < -0.3 is 19.5 Å². The van der Waals surface area contributed by atoms with E-state index >= 15 is 0 Å². The number of nitrogens with one attached hydrogen (secondary N) is 1. The fraction of sp³-hybridized carbons (Fsp3) is 0.296. The number of H-pyrrole nitrogens is 1. The van der Waals surface area contributed by atoms with E-state index in [1.165, 1.54) is 11.3 Å². The summed E-state index contributed by atoms with van der Waals surface area (Å²) in [6.07, 6.45) is 5.16. The molecule has 0 radical (unpaired) electrons. The van der Waals surface area contributed by atoms with Crippen molar-refractivity contribution in [2.75, 3.05) is 24.5 Å². The predicted octanol–water partition coefficient (Wildman–Crippen LogP) is 5.09. The number of carbonyl (C=O) groups excluding carboxylic acids is 1. The molecule has 2 aliphatic heterocycles. The van der Waals surface area contributed by atoms with E-state index < -0.39 is 0 Å². The second-order valence-corrected chi connectivity index (χ2v) is 9.30. The molecule has 7 nitrogen and oxygen atoms in total. The lowest BCUT2D eigenvalue weighted by Gasteiger charge is -2.39. The molecule has 1 saturated heterocycles. The van der Waals surface area contributed by atoms with Crippen LogP contribution < -0.4 is 4.90 Å². The molecule has 2 aromatic carbocycles. The number of amides is 1. The van der Waals surface area contributed by atoms with Gasteiger partial charge in [0.05, 0.1) is 5.39 Å². The molecular formula is C27H27N5O2. The zero-order valence-electron chi connectivity index (χ0n) is 19.2. The standard InChI is InChI=1S/C27H27N5O2/c1-19-15-28-24-23(19)25(30-18-29-24)32-17-27(21-9-5-6-10-22(21)32)11-13-31(14-12-27)26(33)34-16-20-7-3-2-4-8-20/h2-10,15,18H,11-14,16-17H2,1H3,(H,28,29,30). The van der Waals surface area contributed by atoms with Gasteiger partial charge in [-0.15, -0.1) is 0 Å². The van der Waals surface area contributed by atoms with Crippen LogP contribution in [0.25, 0.3) is 11.0 Å². The Kier molecular flexibility index (Phi) is 4.98. The largest absolute Gasteiger partial charge is 0.445 e. The van der Waals surface area contributed by atoms with Crippen LogP contribution in [0, 0.1) is 6.92 Å². The molecule has 0 atom stereocenters. The Morgan fingerprint density at radius 2 is 1.82 bits per heavy atom. The monoisotopic (exact) mass is 453 g/mol. The second-order valence-electron chi connectivity index (χ2n) is 9.30. The molecule has 4 aromatic rings. The Labute approximate surface area is 198 Å². The van der Waals surface area contributed by atoms with Gasteiger partial charge in [0.2, 0.25) is 0 Å². The van der Waals surface area contributed by atoms with Crippen molar-refractivity contribution < 1.29 is 9.53 Å². The maximum atomic E-state index is 12.7. The topological polar surface area (TPSA) is 74.4 Å². The van der Waals surface area contributed by atoms with Gasteiger partial charge in [-0.05, 0) is 42.5 Å². The lowest BCUT2D eigenvalue weighted by molar-refractivity contribution is 0.0791. The van der Waals surface area contributed by atoms with Gasteiger partial charge in [0.15, 0.2) is 0 Å². The highest BCUT2D eigenvalue weighted by Crippen LogP contribution is 2.50. The molecule has 1 spiro atoms. The number of likely N-dealkylation sites (tertiary alicyclic amines) is 1. The molecule has 0 saturated carbocycles. The second kappa shape index (κ2) is 8.17. The van der Waals surface area contributed by atoms with Gasteiger partial charge in [-0.3, -0.25) is 0 Å². The number of nitrogens with zero attached hydrogens (tertiary/aromatic N) is 4. The van der Waals surface area contributed by atoms with Crippen molar-refractivity contribution in [2.45, 2.75) is 31.8 Å². The van der Waals surface area contributed by atoms with Gasteiger partial charge in [0.25, 0.3) is 0 Å². The van der Waals surface area contributed by atoms with Crippen molar-refractivity contribution in [3.63, 3.8) is 0 Å². The van der Waals surface area contributed by atoms with E-state index in [1.54, 1.807) is 6.33 Å². The van der Waals surface area contributed by atoms with Crippen LogP contribution in [-0.4, -0.2) is 45.6 Å². The Hall–Kier alpha value is -3.87. The number of aromatic nitrogens is 3. The summed E-state index contributed by atoms with van der Waals surface area (Å²) in [7, 11) is 0. The number of rotatable bonds is 3. The molecule has 0 unspecified atom stereocenters. The maximum absolute atomic E-state index is 12.7. The average molecular weight is 454 g/mol. The number of benzene rings is 2. The molecule has 34 heavy (non-hydrogen) atoms. The normalized spacial score (nSPS) is 16.7. The van der Waals surface area contributed by atoms with Crippen LogP contribution in [0.2, 0.25) is 0 Å². The summed E-state index contributed by atoms with van der Waals surface area (Å²) in [6, 6.07) is 18.4. The van der Waals surface area contributed by atoms with Crippen molar-refractivity contribution in [1.82, 2.24) is 19.9 Å². The molecular weight excluding hydrogens is 426 g/mol. The van der Waals surface area contributed by atoms with Gasteiger partial charge in [0.1, 0.15) is 24.4 Å². The lowest BCUT2D eigenvalue weighted by Crippen LogP contribution is -2.47. The maximum Gasteiger partial charge on any atom is 0.410 e. The number of aromatic amines is 1. The molecule has 1 amide bonds. The number of anilines is 2. The van der Waals surface area contributed by atoms with Gasteiger partial charge in [0, 0.05) is 36.9 Å². The first-order valence-corrected chi connectivity index (χ1v) is 11.8. The van der Waals surface area contributed by atoms with Crippen molar-refractivity contribution >= 4 is 28.6 Å². The van der Waals surface area contributed by atoms with Crippen LogP contribution in [-0.2, 0) is 16.8 Å². The van der Waals surface area contributed by atoms with Gasteiger partial charge in [-0.2, -0.15) is 0 Å². The van der Waals surface area contributed by atoms with E-state index in [-0.39, 0.29) is 11.5 Å². The van der Waals surface area contributed by atoms with Crippen LogP contribution in [0.5, 0.6) is 0 Å². The number of carbonyl (C=O) groups is 1. The molecule has 2 aromatic heterocycles. The van der Waals surface area contributed by atoms with Crippen molar-refractivity contribution in [3.05, 3.63) is 83.8 Å².